The smallest absolute Gasteiger partial charge is 0.253 e. The molecule has 0 aromatic heterocycles. The van der Waals surface area contributed by atoms with Gasteiger partial charge in [0.15, 0.2) is 0 Å². The van der Waals surface area contributed by atoms with Gasteiger partial charge < -0.3 is 15.1 Å². The van der Waals surface area contributed by atoms with E-state index in [1.54, 1.807) is 37.1 Å². The highest BCUT2D eigenvalue weighted by Crippen LogP contribution is 2.20. The minimum absolute atomic E-state index is 0.0765. The van der Waals surface area contributed by atoms with E-state index >= 15 is 0 Å². The fourth-order valence-corrected chi connectivity index (χ4v) is 1.80. The molecule has 0 heterocycles. The number of hydrogen-bond acceptors (Lipinski definition) is 3. The number of hydrogen-bond donors (Lipinski definition) is 2. The fraction of sp³-hybridized carbons (Fsp3) is 0.500. The number of phenols is 1. The summed E-state index contributed by atoms with van der Waals surface area (Å²) in [5, 5.41) is 18.3. The summed E-state index contributed by atoms with van der Waals surface area (Å²) in [5.41, 5.74) is 1.16. The highest BCUT2D eigenvalue weighted by atomic mass is 16.3. The zero-order valence-electron chi connectivity index (χ0n) is 11.0. The molecule has 4 heteroatoms. The van der Waals surface area contributed by atoms with Gasteiger partial charge in [0.2, 0.25) is 0 Å². The molecule has 0 bridgehead atoms. The Morgan fingerprint density at radius 1 is 1.28 bits per heavy atom. The lowest BCUT2D eigenvalue weighted by atomic mass is 10.1. The SMILES string of the molecule is Cc1c(O)cccc1C(=O)N(C)CCCCCO. The number of benzene rings is 1. The zero-order chi connectivity index (χ0) is 13.5. The molecule has 18 heavy (non-hydrogen) atoms. The van der Waals surface area contributed by atoms with Crippen molar-refractivity contribution in [3.63, 3.8) is 0 Å². The molecule has 0 aliphatic carbocycles. The summed E-state index contributed by atoms with van der Waals surface area (Å²) < 4.78 is 0. The van der Waals surface area contributed by atoms with Crippen molar-refractivity contribution in [3.05, 3.63) is 29.3 Å². The largest absolute Gasteiger partial charge is 0.508 e. The van der Waals surface area contributed by atoms with E-state index in [-0.39, 0.29) is 18.3 Å². The molecule has 100 valence electrons. The van der Waals surface area contributed by atoms with E-state index in [4.69, 9.17) is 5.11 Å². The molecule has 2 N–H and O–H groups in total. The predicted molar refractivity (Wildman–Crippen MR) is 70.7 cm³/mol. The first-order valence-corrected chi connectivity index (χ1v) is 6.23. The van der Waals surface area contributed by atoms with E-state index in [1.165, 1.54) is 0 Å². The Bertz CT molecular complexity index is 404. The van der Waals surface area contributed by atoms with Crippen molar-refractivity contribution in [1.82, 2.24) is 4.90 Å². The summed E-state index contributed by atoms with van der Waals surface area (Å²) in [6, 6.07) is 4.98. The van der Waals surface area contributed by atoms with Gasteiger partial charge in [0.25, 0.3) is 5.91 Å². The first-order valence-electron chi connectivity index (χ1n) is 6.23. The van der Waals surface area contributed by atoms with E-state index in [0.717, 1.165) is 19.3 Å². The van der Waals surface area contributed by atoms with Gasteiger partial charge in [0.05, 0.1) is 0 Å². The van der Waals surface area contributed by atoms with Crippen LogP contribution in [0.3, 0.4) is 0 Å². The lowest BCUT2D eigenvalue weighted by molar-refractivity contribution is 0.0791. The Balaban J connectivity index is 2.60. The van der Waals surface area contributed by atoms with Crippen LogP contribution in [0.1, 0.15) is 35.2 Å². The highest BCUT2D eigenvalue weighted by molar-refractivity contribution is 5.96. The Hall–Kier alpha value is -1.55. The first kappa shape index (κ1) is 14.5. The van der Waals surface area contributed by atoms with E-state index in [0.29, 0.717) is 17.7 Å². The van der Waals surface area contributed by atoms with Crippen molar-refractivity contribution in [2.24, 2.45) is 0 Å². The van der Waals surface area contributed by atoms with Crippen molar-refractivity contribution in [2.75, 3.05) is 20.2 Å². The van der Waals surface area contributed by atoms with Crippen LogP contribution in [0.5, 0.6) is 5.75 Å². The van der Waals surface area contributed by atoms with Gasteiger partial charge in [-0.25, -0.2) is 0 Å². The average molecular weight is 251 g/mol. The molecule has 0 radical (unpaired) electrons. The van der Waals surface area contributed by atoms with Crippen LogP contribution < -0.4 is 0 Å². The summed E-state index contributed by atoms with van der Waals surface area (Å²) in [6.07, 6.45) is 2.56. The van der Waals surface area contributed by atoms with Crippen LogP contribution >= 0.6 is 0 Å². The number of unbranched alkanes of at least 4 members (excludes halogenated alkanes) is 2. The molecule has 0 atom stereocenters. The van der Waals surface area contributed by atoms with E-state index in [9.17, 15) is 9.90 Å². The third-order valence-corrected chi connectivity index (χ3v) is 3.03. The van der Waals surface area contributed by atoms with E-state index in [2.05, 4.69) is 0 Å². The summed E-state index contributed by atoms with van der Waals surface area (Å²) in [7, 11) is 1.75. The Morgan fingerprint density at radius 3 is 2.67 bits per heavy atom. The van der Waals surface area contributed by atoms with Crippen molar-refractivity contribution in [2.45, 2.75) is 26.2 Å². The van der Waals surface area contributed by atoms with Gasteiger partial charge >= 0.3 is 0 Å². The quantitative estimate of drug-likeness (QED) is 0.759. The Morgan fingerprint density at radius 2 is 2.00 bits per heavy atom. The number of amides is 1. The van der Waals surface area contributed by atoms with Gasteiger partial charge in [0.1, 0.15) is 5.75 Å². The molecule has 1 aromatic carbocycles. The summed E-state index contributed by atoms with van der Waals surface area (Å²) in [5.74, 6) is 0.0712. The van der Waals surface area contributed by atoms with Crippen LogP contribution in [0.25, 0.3) is 0 Å². The standard InChI is InChI=1S/C14H21NO3/c1-11-12(7-6-8-13(11)17)14(18)15(2)9-4-3-5-10-16/h6-8,16-17H,3-5,9-10H2,1-2H3. The lowest BCUT2D eigenvalue weighted by Gasteiger charge is -2.18. The van der Waals surface area contributed by atoms with Gasteiger partial charge in [-0.2, -0.15) is 0 Å². The predicted octanol–water partition coefficient (Wildman–Crippen LogP) is 1.94. The summed E-state index contributed by atoms with van der Waals surface area (Å²) in [4.78, 5) is 13.8. The van der Waals surface area contributed by atoms with Gasteiger partial charge in [-0.05, 0) is 38.3 Å². The number of aliphatic hydroxyl groups is 1. The van der Waals surface area contributed by atoms with Crippen LogP contribution in [0.2, 0.25) is 0 Å². The molecular formula is C14H21NO3. The third-order valence-electron chi connectivity index (χ3n) is 3.03. The molecular weight excluding hydrogens is 230 g/mol. The van der Waals surface area contributed by atoms with Crippen LogP contribution in [0, 0.1) is 6.92 Å². The number of rotatable bonds is 6. The van der Waals surface area contributed by atoms with Crippen molar-refractivity contribution >= 4 is 5.91 Å². The van der Waals surface area contributed by atoms with E-state index in [1.807, 2.05) is 0 Å². The zero-order valence-corrected chi connectivity index (χ0v) is 11.0. The average Bonchev–Trinajstić information content (AvgIpc) is 2.37. The summed E-state index contributed by atoms with van der Waals surface area (Å²) >= 11 is 0. The van der Waals surface area contributed by atoms with Crippen molar-refractivity contribution in [1.29, 1.82) is 0 Å². The molecule has 4 nitrogen and oxygen atoms in total. The van der Waals surface area contributed by atoms with Gasteiger partial charge in [-0.15, -0.1) is 0 Å². The topological polar surface area (TPSA) is 60.8 Å². The number of carbonyl (C=O) groups is 1. The lowest BCUT2D eigenvalue weighted by Crippen LogP contribution is -2.28. The van der Waals surface area contributed by atoms with Gasteiger partial charge in [-0.3, -0.25) is 4.79 Å². The first-order chi connectivity index (χ1) is 8.57. The van der Waals surface area contributed by atoms with Crippen molar-refractivity contribution < 1.29 is 15.0 Å². The van der Waals surface area contributed by atoms with Crippen LogP contribution in [0.15, 0.2) is 18.2 Å². The maximum atomic E-state index is 12.1. The Kier molecular flexibility index (Phi) is 5.65. The second-order valence-electron chi connectivity index (χ2n) is 4.46. The number of carbonyl (C=O) groups excluding carboxylic acids is 1. The molecule has 0 aliphatic heterocycles. The van der Waals surface area contributed by atoms with Crippen molar-refractivity contribution in [3.8, 4) is 5.75 Å². The van der Waals surface area contributed by atoms with Crippen LogP contribution in [-0.2, 0) is 0 Å². The Labute approximate surface area is 108 Å². The molecule has 0 fully saturated rings. The molecule has 1 amide bonds. The number of aromatic hydroxyl groups is 1. The molecule has 0 saturated carbocycles. The second kappa shape index (κ2) is 7.01. The maximum absolute atomic E-state index is 12.1. The molecule has 0 saturated heterocycles. The highest BCUT2D eigenvalue weighted by Gasteiger charge is 2.15. The van der Waals surface area contributed by atoms with Crippen LogP contribution in [-0.4, -0.2) is 41.2 Å². The third kappa shape index (κ3) is 3.74. The van der Waals surface area contributed by atoms with E-state index < -0.39 is 0 Å². The number of phenolic OH excluding ortho intramolecular Hbond substituents is 1. The fourth-order valence-electron chi connectivity index (χ4n) is 1.80. The molecule has 0 aliphatic rings. The second-order valence-corrected chi connectivity index (χ2v) is 4.46. The number of nitrogens with zero attached hydrogens (tertiary/aromatic N) is 1. The molecule has 1 rings (SSSR count). The minimum atomic E-state index is -0.0765. The van der Waals surface area contributed by atoms with Gasteiger partial charge in [-0.1, -0.05) is 6.07 Å². The minimum Gasteiger partial charge on any atom is -0.508 e. The molecule has 0 unspecified atom stereocenters. The van der Waals surface area contributed by atoms with Crippen LogP contribution in [0.4, 0.5) is 0 Å². The molecule has 1 aromatic rings. The van der Waals surface area contributed by atoms with Gasteiger partial charge in [0, 0.05) is 31.3 Å². The maximum Gasteiger partial charge on any atom is 0.253 e. The number of aliphatic hydroxyl groups excluding tert-OH is 1. The molecule has 0 spiro atoms. The summed E-state index contributed by atoms with van der Waals surface area (Å²) in [6.45, 7) is 2.60. The monoisotopic (exact) mass is 251 g/mol. The normalized spacial score (nSPS) is 10.4.